The number of carbonyl (C=O) groups is 3. The van der Waals surface area contributed by atoms with Crippen LogP contribution in [0, 0.1) is 5.92 Å². The standard InChI is InChI=1S/C25H27F3N2O5/c1-14(2)20(12-21(31)32)29-22(33)24(3,25(26,27)28)30-23(34)35-13-19-17-10-6-4-8-15(17)16-9-5-7-11-18(16)19/h4-11,14,19-20H,12-13H2,1-3H3,(H,29,33)(H,30,34)(H,31,32). The number of hydrogen-bond donors (Lipinski definition) is 3. The number of amides is 2. The lowest BCUT2D eigenvalue weighted by Gasteiger charge is -2.33. The van der Waals surface area contributed by atoms with E-state index in [-0.39, 0.29) is 12.5 Å². The van der Waals surface area contributed by atoms with Gasteiger partial charge < -0.3 is 15.2 Å². The summed E-state index contributed by atoms with van der Waals surface area (Å²) in [5, 5.41) is 12.8. The molecule has 0 heterocycles. The number of alkyl carbamates (subject to hydrolysis) is 1. The first kappa shape index (κ1) is 26.1. The number of carbonyl (C=O) groups excluding carboxylic acids is 2. The molecule has 3 rings (SSSR count). The van der Waals surface area contributed by atoms with Crippen molar-refractivity contribution >= 4 is 18.0 Å². The summed E-state index contributed by atoms with van der Waals surface area (Å²) in [4.78, 5) is 36.2. The van der Waals surface area contributed by atoms with Gasteiger partial charge in [-0.15, -0.1) is 0 Å². The number of alkyl halides is 3. The van der Waals surface area contributed by atoms with Crippen LogP contribution < -0.4 is 10.6 Å². The molecule has 2 amide bonds. The van der Waals surface area contributed by atoms with Gasteiger partial charge in [-0.05, 0) is 35.1 Å². The van der Waals surface area contributed by atoms with Gasteiger partial charge in [0.05, 0.1) is 6.42 Å². The van der Waals surface area contributed by atoms with Gasteiger partial charge in [0.1, 0.15) is 6.61 Å². The molecule has 188 valence electrons. The van der Waals surface area contributed by atoms with Gasteiger partial charge in [0.25, 0.3) is 5.91 Å². The van der Waals surface area contributed by atoms with Crippen molar-refractivity contribution in [2.75, 3.05) is 6.61 Å². The molecule has 1 aliphatic carbocycles. The number of carboxylic acids is 1. The molecule has 0 saturated heterocycles. The molecule has 10 heteroatoms. The Morgan fingerprint density at radius 3 is 1.97 bits per heavy atom. The van der Waals surface area contributed by atoms with E-state index in [1.165, 1.54) is 0 Å². The molecular weight excluding hydrogens is 465 g/mol. The molecule has 0 aromatic heterocycles. The number of halogens is 3. The smallest absolute Gasteiger partial charge is 0.420 e. The molecule has 2 aromatic rings. The van der Waals surface area contributed by atoms with Crippen LogP contribution in [0.4, 0.5) is 18.0 Å². The number of benzene rings is 2. The summed E-state index contributed by atoms with van der Waals surface area (Å²) in [6.07, 6.45) is -7.16. The quantitative estimate of drug-likeness (QED) is 0.505. The molecule has 2 atom stereocenters. The maximum absolute atomic E-state index is 13.9. The van der Waals surface area contributed by atoms with Crippen LogP contribution in [0.3, 0.4) is 0 Å². The fourth-order valence-corrected chi connectivity index (χ4v) is 4.05. The Balaban J connectivity index is 1.75. The number of aliphatic carboxylic acids is 1. The van der Waals surface area contributed by atoms with Gasteiger partial charge >= 0.3 is 18.2 Å². The van der Waals surface area contributed by atoms with Crippen LogP contribution >= 0.6 is 0 Å². The summed E-state index contributed by atoms with van der Waals surface area (Å²) in [7, 11) is 0. The zero-order valence-corrected chi connectivity index (χ0v) is 19.5. The highest BCUT2D eigenvalue weighted by Gasteiger charge is 2.58. The van der Waals surface area contributed by atoms with Gasteiger partial charge in [-0.2, -0.15) is 13.2 Å². The van der Waals surface area contributed by atoms with E-state index in [2.05, 4.69) is 5.32 Å². The van der Waals surface area contributed by atoms with E-state index in [1.807, 2.05) is 48.5 Å². The molecule has 7 nitrogen and oxygen atoms in total. The van der Waals surface area contributed by atoms with E-state index in [4.69, 9.17) is 9.84 Å². The van der Waals surface area contributed by atoms with Gasteiger partial charge in [-0.25, -0.2) is 4.79 Å². The Bertz CT molecular complexity index is 1070. The highest BCUT2D eigenvalue weighted by Crippen LogP contribution is 2.44. The van der Waals surface area contributed by atoms with Crippen LogP contribution in [-0.2, 0) is 14.3 Å². The molecule has 0 saturated carbocycles. The van der Waals surface area contributed by atoms with Crippen molar-refractivity contribution in [2.45, 2.75) is 50.9 Å². The molecule has 2 aromatic carbocycles. The first-order valence-electron chi connectivity index (χ1n) is 11.1. The topological polar surface area (TPSA) is 105 Å². The van der Waals surface area contributed by atoms with Gasteiger partial charge in [-0.1, -0.05) is 62.4 Å². The maximum atomic E-state index is 13.9. The van der Waals surface area contributed by atoms with Crippen molar-refractivity contribution in [1.29, 1.82) is 0 Å². The predicted octanol–water partition coefficient (Wildman–Crippen LogP) is 4.46. The number of ether oxygens (including phenoxy) is 1. The van der Waals surface area contributed by atoms with Crippen LogP contribution in [0.2, 0.25) is 0 Å². The average Bonchev–Trinajstić information content (AvgIpc) is 3.09. The fraction of sp³-hybridized carbons (Fsp3) is 0.400. The lowest BCUT2D eigenvalue weighted by molar-refractivity contribution is -0.194. The number of rotatable bonds is 8. The number of fused-ring (bicyclic) bond motifs is 3. The van der Waals surface area contributed by atoms with Gasteiger partial charge in [-0.3, -0.25) is 14.9 Å². The second kappa shape index (κ2) is 9.97. The average molecular weight is 492 g/mol. The van der Waals surface area contributed by atoms with Crippen molar-refractivity contribution in [3.8, 4) is 11.1 Å². The van der Waals surface area contributed by atoms with Crippen LogP contribution in [0.1, 0.15) is 44.2 Å². The second-order valence-electron chi connectivity index (χ2n) is 9.00. The Morgan fingerprint density at radius 1 is 1.00 bits per heavy atom. The SMILES string of the molecule is CC(C)C(CC(=O)O)NC(=O)C(C)(NC(=O)OCC1c2ccccc2-c2ccccc21)C(F)(F)F. The molecule has 3 N–H and O–H groups in total. The number of nitrogens with one attached hydrogen (secondary N) is 2. The number of hydrogen-bond acceptors (Lipinski definition) is 4. The second-order valence-corrected chi connectivity index (χ2v) is 9.00. The van der Waals surface area contributed by atoms with E-state index in [0.29, 0.717) is 6.92 Å². The minimum Gasteiger partial charge on any atom is -0.481 e. The third-order valence-electron chi connectivity index (χ3n) is 6.23. The van der Waals surface area contributed by atoms with Crippen molar-refractivity contribution in [2.24, 2.45) is 5.92 Å². The molecule has 0 aliphatic heterocycles. The summed E-state index contributed by atoms with van der Waals surface area (Å²) < 4.78 is 46.9. The maximum Gasteiger partial charge on any atom is 0.420 e. The Hall–Kier alpha value is -3.56. The van der Waals surface area contributed by atoms with Crippen LogP contribution in [0.25, 0.3) is 11.1 Å². The highest BCUT2D eigenvalue weighted by atomic mass is 19.4. The van der Waals surface area contributed by atoms with E-state index >= 15 is 0 Å². The van der Waals surface area contributed by atoms with Gasteiger partial charge in [0.15, 0.2) is 0 Å². The van der Waals surface area contributed by atoms with E-state index in [0.717, 1.165) is 22.3 Å². The lowest BCUT2D eigenvalue weighted by atomic mass is 9.96. The van der Waals surface area contributed by atoms with Crippen molar-refractivity contribution in [3.05, 3.63) is 59.7 Å². The van der Waals surface area contributed by atoms with Crippen molar-refractivity contribution in [1.82, 2.24) is 10.6 Å². The number of carboxylic acid groups (broad SMARTS) is 1. The zero-order chi connectivity index (χ0) is 26.0. The van der Waals surface area contributed by atoms with Gasteiger partial charge in [0, 0.05) is 12.0 Å². The molecular formula is C25H27F3N2O5. The monoisotopic (exact) mass is 492 g/mol. The summed E-state index contributed by atoms with van der Waals surface area (Å²) >= 11 is 0. The molecule has 0 fully saturated rings. The Morgan fingerprint density at radius 2 is 1.51 bits per heavy atom. The molecule has 1 aliphatic rings. The summed E-state index contributed by atoms with van der Waals surface area (Å²) in [5.41, 5.74) is 0.336. The summed E-state index contributed by atoms with van der Waals surface area (Å²) in [6.45, 7) is 3.42. The molecule has 35 heavy (non-hydrogen) atoms. The van der Waals surface area contributed by atoms with E-state index in [1.54, 1.807) is 19.2 Å². The molecule has 2 unspecified atom stereocenters. The minimum atomic E-state index is -5.17. The summed E-state index contributed by atoms with van der Waals surface area (Å²) in [6, 6.07) is 13.9. The zero-order valence-electron chi connectivity index (χ0n) is 19.5. The predicted molar refractivity (Wildman–Crippen MR) is 122 cm³/mol. The van der Waals surface area contributed by atoms with Crippen molar-refractivity contribution in [3.63, 3.8) is 0 Å². The highest BCUT2D eigenvalue weighted by molar-refractivity contribution is 5.91. The van der Waals surface area contributed by atoms with Crippen LogP contribution in [0.15, 0.2) is 48.5 Å². The molecule has 0 bridgehead atoms. The third-order valence-corrected chi connectivity index (χ3v) is 6.23. The fourth-order valence-electron chi connectivity index (χ4n) is 4.05. The Kier molecular flexibility index (Phi) is 7.42. The van der Waals surface area contributed by atoms with E-state index < -0.39 is 48.1 Å². The molecule has 0 spiro atoms. The van der Waals surface area contributed by atoms with Crippen molar-refractivity contribution < 1.29 is 37.4 Å². The van der Waals surface area contributed by atoms with Crippen LogP contribution in [0.5, 0.6) is 0 Å². The molecule has 0 radical (unpaired) electrons. The lowest BCUT2D eigenvalue weighted by Crippen LogP contribution is -2.66. The normalized spacial score (nSPS) is 15.5. The first-order valence-corrected chi connectivity index (χ1v) is 11.1. The Labute approximate surface area is 200 Å². The van der Waals surface area contributed by atoms with Gasteiger partial charge in [0.2, 0.25) is 5.54 Å². The largest absolute Gasteiger partial charge is 0.481 e. The third kappa shape index (κ3) is 5.41. The van der Waals surface area contributed by atoms with E-state index in [9.17, 15) is 27.6 Å². The minimum absolute atomic E-state index is 0.233. The van der Waals surface area contributed by atoms with Crippen LogP contribution in [-0.4, -0.2) is 47.4 Å². The first-order chi connectivity index (χ1) is 16.3. The summed E-state index contributed by atoms with van der Waals surface area (Å²) in [5.74, 6) is -3.68.